The van der Waals surface area contributed by atoms with Gasteiger partial charge in [0.05, 0.1) is 0 Å². The normalized spacial score (nSPS) is 20.8. The molecular weight excluding hydrogens is 230 g/mol. The molecule has 0 saturated heterocycles. The largest absolute Gasteiger partial charge is 0.358 e. The Morgan fingerprint density at radius 1 is 1.29 bits per heavy atom. The molecule has 17 heavy (non-hydrogen) atoms. The number of anilines is 1. The average Bonchev–Trinajstić information content (AvgIpc) is 2.65. The molecule has 1 heterocycles. The summed E-state index contributed by atoms with van der Waals surface area (Å²) in [5.74, 6) is 1.65. The van der Waals surface area contributed by atoms with Crippen molar-refractivity contribution in [3.05, 3.63) is 5.82 Å². The molecule has 0 aliphatic heterocycles. The minimum absolute atomic E-state index is 0.432. The van der Waals surface area contributed by atoms with Crippen molar-refractivity contribution in [3.8, 4) is 0 Å². The van der Waals surface area contributed by atoms with Crippen LogP contribution in [0.3, 0.4) is 0 Å². The second-order valence-corrected chi connectivity index (χ2v) is 6.95. The molecule has 1 aromatic rings. The van der Waals surface area contributed by atoms with Gasteiger partial charge in [0.1, 0.15) is 5.82 Å². The Morgan fingerprint density at radius 2 is 1.94 bits per heavy atom. The van der Waals surface area contributed by atoms with E-state index in [2.05, 4.69) is 42.4 Å². The van der Waals surface area contributed by atoms with Crippen LogP contribution in [0.1, 0.15) is 65.1 Å². The van der Waals surface area contributed by atoms with Gasteiger partial charge in [0, 0.05) is 23.5 Å². The highest BCUT2D eigenvalue weighted by molar-refractivity contribution is 7.09. The van der Waals surface area contributed by atoms with Crippen molar-refractivity contribution < 1.29 is 0 Å². The van der Waals surface area contributed by atoms with Gasteiger partial charge in [0.15, 0.2) is 0 Å². The fraction of sp³-hybridized carbons (Fsp3) is 0.846. The van der Waals surface area contributed by atoms with E-state index in [9.17, 15) is 0 Å². The maximum Gasteiger partial charge on any atom is 0.202 e. The number of nitrogens with one attached hydrogen (secondary N) is 1. The first-order valence-corrected chi connectivity index (χ1v) is 7.34. The molecule has 1 aromatic heterocycles. The third-order valence-corrected chi connectivity index (χ3v) is 4.22. The molecule has 1 N–H and O–H groups in total. The van der Waals surface area contributed by atoms with Crippen LogP contribution >= 0.6 is 11.5 Å². The molecule has 0 atom stereocenters. The van der Waals surface area contributed by atoms with Crippen LogP contribution in [0.5, 0.6) is 0 Å². The molecule has 0 amide bonds. The number of aromatic nitrogens is 2. The topological polar surface area (TPSA) is 37.8 Å². The summed E-state index contributed by atoms with van der Waals surface area (Å²) in [5, 5.41) is 4.30. The van der Waals surface area contributed by atoms with Gasteiger partial charge in [-0.1, -0.05) is 13.8 Å². The summed E-state index contributed by atoms with van der Waals surface area (Å²) in [7, 11) is 0. The Bertz CT molecular complexity index is 360. The lowest BCUT2D eigenvalue weighted by Crippen LogP contribution is -2.20. The molecule has 0 bridgehead atoms. The van der Waals surface area contributed by atoms with Crippen molar-refractivity contribution in [3.63, 3.8) is 0 Å². The maximum atomic E-state index is 4.62. The van der Waals surface area contributed by atoms with Gasteiger partial charge in [-0.2, -0.15) is 4.37 Å². The van der Waals surface area contributed by atoms with Crippen LogP contribution < -0.4 is 5.32 Å². The first-order valence-electron chi connectivity index (χ1n) is 6.56. The fourth-order valence-corrected chi connectivity index (χ4v) is 3.16. The van der Waals surface area contributed by atoms with E-state index in [1.54, 1.807) is 0 Å². The molecule has 96 valence electrons. The van der Waals surface area contributed by atoms with Crippen LogP contribution in [0.4, 0.5) is 5.13 Å². The smallest absolute Gasteiger partial charge is 0.202 e. The molecule has 1 saturated carbocycles. The number of hydrogen-bond acceptors (Lipinski definition) is 4. The van der Waals surface area contributed by atoms with Gasteiger partial charge >= 0.3 is 0 Å². The van der Waals surface area contributed by atoms with Crippen molar-refractivity contribution in [2.45, 2.75) is 65.3 Å². The predicted molar refractivity (Wildman–Crippen MR) is 73.7 cm³/mol. The van der Waals surface area contributed by atoms with E-state index in [0.717, 1.165) is 11.0 Å². The minimum Gasteiger partial charge on any atom is -0.358 e. The summed E-state index contributed by atoms with van der Waals surface area (Å²) in [6.07, 6.45) is 5.07. The lowest BCUT2D eigenvalue weighted by molar-refractivity contribution is 0.221. The summed E-state index contributed by atoms with van der Waals surface area (Å²) >= 11 is 1.50. The van der Waals surface area contributed by atoms with Crippen LogP contribution in [-0.2, 0) is 0 Å². The summed E-state index contributed by atoms with van der Waals surface area (Å²) in [6, 6.07) is 0.432. The zero-order valence-corrected chi connectivity index (χ0v) is 12.1. The van der Waals surface area contributed by atoms with Gasteiger partial charge in [-0.05, 0) is 44.9 Å². The van der Waals surface area contributed by atoms with Crippen LogP contribution in [0.2, 0.25) is 0 Å². The predicted octanol–water partition coefficient (Wildman–Crippen LogP) is 4.04. The molecule has 4 heteroatoms. The van der Waals surface area contributed by atoms with E-state index in [1.165, 1.54) is 37.2 Å². The summed E-state index contributed by atoms with van der Waals surface area (Å²) < 4.78 is 4.51. The Kier molecular flexibility index (Phi) is 3.71. The summed E-state index contributed by atoms with van der Waals surface area (Å²) in [4.78, 5) is 4.62. The van der Waals surface area contributed by atoms with Gasteiger partial charge in [-0.3, -0.25) is 0 Å². The van der Waals surface area contributed by atoms with Crippen molar-refractivity contribution >= 4 is 16.7 Å². The van der Waals surface area contributed by atoms with Crippen LogP contribution in [0.15, 0.2) is 0 Å². The molecule has 3 nitrogen and oxygen atoms in total. The number of rotatable bonds is 3. The zero-order chi connectivity index (χ0) is 12.5. The number of nitrogens with zero attached hydrogens (tertiary/aromatic N) is 2. The van der Waals surface area contributed by atoms with E-state index in [1.807, 2.05) is 0 Å². The van der Waals surface area contributed by atoms with E-state index in [4.69, 9.17) is 0 Å². The highest BCUT2D eigenvalue weighted by atomic mass is 32.1. The lowest BCUT2D eigenvalue weighted by Gasteiger charge is -2.33. The van der Waals surface area contributed by atoms with Crippen molar-refractivity contribution in [2.24, 2.45) is 5.41 Å². The molecule has 1 aliphatic rings. The van der Waals surface area contributed by atoms with Crippen LogP contribution in [-0.4, -0.2) is 15.4 Å². The summed E-state index contributed by atoms with van der Waals surface area (Å²) in [6.45, 7) is 8.99. The first-order chi connectivity index (χ1) is 7.96. The number of hydrogen-bond donors (Lipinski definition) is 1. The zero-order valence-electron chi connectivity index (χ0n) is 11.3. The van der Waals surface area contributed by atoms with Crippen molar-refractivity contribution in [1.29, 1.82) is 0 Å². The second-order valence-electron chi connectivity index (χ2n) is 6.20. The first kappa shape index (κ1) is 12.8. The second kappa shape index (κ2) is 4.92. The third kappa shape index (κ3) is 3.41. The molecule has 0 unspecified atom stereocenters. The van der Waals surface area contributed by atoms with E-state index in [-0.39, 0.29) is 0 Å². The molecule has 2 rings (SSSR count). The third-order valence-electron chi connectivity index (χ3n) is 3.56. The van der Waals surface area contributed by atoms with E-state index < -0.39 is 0 Å². The Morgan fingerprint density at radius 3 is 2.53 bits per heavy atom. The van der Waals surface area contributed by atoms with E-state index >= 15 is 0 Å². The fourth-order valence-electron chi connectivity index (χ4n) is 2.36. The molecule has 0 spiro atoms. The molecular formula is C13H23N3S. The lowest BCUT2D eigenvalue weighted by atomic mass is 9.73. The van der Waals surface area contributed by atoms with Crippen LogP contribution in [0, 0.1) is 5.41 Å². The quantitative estimate of drug-likeness (QED) is 0.883. The Balaban J connectivity index is 1.97. The minimum atomic E-state index is 0.432. The van der Waals surface area contributed by atoms with Gasteiger partial charge in [-0.15, -0.1) is 0 Å². The standard InChI is InChI=1S/C13H23N3S/c1-9(2)14-12-15-11(16-17-12)10-5-7-13(3,4)8-6-10/h9-10H,5-8H2,1-4H3,(H,14,15,16). The van der Waals surface area contributed by atoms with E-state index in [0.29, 0.717) is 17.4 Å². The molecule has 1 fully saturated rings. The highest BCUT2D eigenvalue weighted by Crippen LogP contribution is 2.41. The molecule has 0 radical (unpaired) electrons. The SMILES string of the molecule is CC(C)Nc1nc(C2CCC(C)(C)CC2)ns1. The molecule has 1 aliphatic carbocycles. The van der Waals surface area contributed by atoms with Crippen molar-refractivity contribution in [2.75, 3.05) is 5.32 Å². The van der Waals surface area contributed by atoms with Gasteiger partial charge in [0.25, 0.3) is 0 Å². The van der Waals surface area contributed by atoms with Gasteiger partial charge < -0.3 is 5.32 Å². The van der Waals surface area contributed by atoms with Gasteiger partial charge in [-0.25, -0.2) is 4.98 Å². The summed E-state index contributed by atoms with van der Waals surface area (Å²) in [5.41, 5.74) is 0.519. The molecule has 0 aromatic carbocycles. The highest BCUT2D eigenvalue weighted by Gasteiger charge is 2.29. The Hall–Kier alpha value is -0.640. The average molecular weight is 253 g/mol. The van der Waals surface area contributed by atoms with Crippen LogP contribution in [0.25, 0.3) is 0 Å². The maximum absolute atomic E-state index is 4.62. The van der Waals surface area contributed by atoms with Gasteiger partial charge in [0.2, 0.25) is 5.13 Å². The van der Waals surface area contributed by atoms with Crippen molar-refractivity contribution in [1.82, 2.24) is 9.36 Å². The Labute approximate surface area is 108 Å². The monoisotopic (exact) mass is 253 g/mol.